The van der Waals surface area contributed by atoms with Crippen molar-refractivity contribution < 1.29 is 9.47 Å². The largest absolute Gasteiger partial charge is 0.483 e. The van der Waals surface area contributed by atoms with Gasteiger partial charge in [-0.2, -0.15) is 0 Å². The van der Waals surface area contributed by atoms with Crippen molar-refractivity contribution in [3.8, 4) is 5.75 Å². The molecule has 4 nitrogen and oxygen atoms in total. The fraction of sp³-hybridized carbons (Fsp3) is 0.312. The van der Waals surface area contributed by atoms with Crippen LogP contribution in [-0.4, -0.2) is 12.1 Å². The second kappa shape index (κ2) is 6.91. The molecule has 0 saturated carbocycles. The van der Waals surface area contributed by atoms with E-state index in [-0.39, 0.29) is 5.43 Å². The maximum atomic E-state index is 12.3. The fourth-order valence-electron chi connectivity index (χ4n) is 1.98. The van der Waals surface area contributed by atoms with Crippen molar-refractivity contribution in [2.45, 2.75) is 26.6 Å². The molecule has 0 aliphatic heterocycles. The summed E-state index contributed by atoms with van der Waals surface area (Å²) in [6.45, 7) is 2.64. The van der Waals surface area contributed by atoms with Gasteiger partial charge in [0.05, 0.1) is 12.3 Å². The SMILES string of the molecule is CCc1c[nH]c(COC)c(OCc2ccccc2)c1=O. The molecule has 2 aromatic rings. The molecule has 1 N–H and O–H groups in total. The van der Waals surface area contributed by atoms with Gasteiger partial charge in [0.1, 0.15) is 6.61 Å². The van der Waals surface area contributed by atoms with Crippen molar-refractivity contribution in [2.24, 2.45) is 0 Å². The summed E-state index contributed by atoms with van der Waals surface area (Å²) in [5.41, 5.74) is 2.35. The summed E-state index contributed by atoms with van der Waals surface area (Å²) in [7, 11) is 1.59. The van der Waals surface area contributed by atoms with E-state index in [1.54, 1.807) is 13.3 Å². The lowest BCUT2D eigenvalue weighted by Gasteiger charge is -2.11. The summed E-state index contributed by atoms with van der Waals surface area (Å²) < 4.78 is 10.8. The Balaban J connectivity index is 2.26. The van der Waals surface area contributed by atoms with Gasteiger partial charge in [-0.25, -0.2) is 0 Å². The van der Waals surface area contributed by atoms with E-state index in [2.05, 4.69) is 4.98 Å². The maximum absolute atomic E-state index is 12.3. The van der Waals surface area contributed by atoms with E-state index in [0.717, 1.165) is 5.56 Å². The number of hydrogen-bond donors (Lipinski definition) is 1. The molecule has 0 spiro atoms. The van der Waals surface area contributed by atoms with Gasteiger partial charge in [0, 0.05) is 18.9 Å². The number of rotatable bonds is 6. The number of hydrogen-bond acceptors (Lipinski definition) is 3. The molecule has 1 aromatic heterocycles. The number of aromatic amines is 1. The molecule has 2 rings (SSSR count). The van der Waals surface area contributed by atoms with Crippen molar-refractivity contribution >= 4 is 0 Å². The molecule has 106 valence electrons. The molecule has 0 unspecified atom stereocenters. The first-order chi connectivity index (χ1) is 9.76. The highest BCUT2D eigenvalue weighted by Crippen LogP contribution is 2.15. The molecule has 0 aliphatic rings. The highest BCUT2D eigenvalue weighted by atomic mass is 16.5. The van der Waals surface area contributed by atoms with E-state index in [1.807, 2.05) is 37.3 Å². The Kier molecular flexibility index (Phi) is 4.96. The van der Waals surface area contributed by atoms with Crippen LogP contribution in [0, 0.1) is 0 Å². The second-order valence-corrected chi connectivity index (χ2v) is 4.51. The average Bonchev–Trinajstić information content (AvgIpc) is 2.48. The minimum Gasteiger partial charge on any atom is -0.483 e. The number of ether oxygens (including phenoxy) is 2. The van der Waals surface area contributed by atoms with Gasteiger partial charge in [0.25, 0.3) is 0 Å². The molecule has 0 amide bonds. The Labute approximate surface area is 118 Å². The van der Waals surface area contributed by atoms with E-state index in [9.17, 15) is 4.79 Å². The lowest BCUT2D eigenvalue weighted by atomic mass is 10.2. The number of methoxy groups -OCH3 is 1. The molecular formula is C16H19NO3. The maximum Gasteiger partial charge on any atom is 0.226 e. The fourth-order valence-corrected chi connectivity index (χ4v) is 1.98. The topological polar surface area (TPSA) is 51.3 Å². The summed E-state index contributed by atoms with van der Waals surface area (Å²) in [5.74, 6) is 0.357. The highest BCUT2D eigenvalue weighted by molar-refractivity contribution is 5.32. The molecule has 0 fully saturated rings. The third-order valence-electron chi connectivity index (χ3n) is 3.09. The van der Waals surface area contributed by atoms with E-state index in [0.29, 0.717) is 36.6 Å². The smallest absolute Gasteiger partial charge is 0.226 e. The Hall–Kier alpha value is -2.07. The first-order valence-corrected chi connectivity index (χ1v) is 6.65. The van der Waals surface area contributed by atoms with Crippen molar-refractivity contribution in [3.05, 3.63) is 63.6 Å². The molecule has 20 heavy (non-hydrogen) atoms. The molecule has 0 atom stereocenters. The summed E-state index contributed by atoms with van der Waals surface area (Å²) in [6.07, 6.45) is 2.40. The minimum absolute atomic E-state index is 0.0609. The normalized spacial score (nSPS) is 10.5. The Morgan fingerprint density at radius 3 is 2.55 bits per heavy atom. The van der Waals surface area contributed by atoms with Gasteiger partial charge in [0.15, 0.2) is 5.75 Å². The molecule has 4 heteroatoms. The molecular weight excluding hydrogens is 254 g/mol. The predicted molar refractivity (Wildman–Crippen MR) is 77.9 cm³/mol. The van der Waals surface area contributed by atoms with Crippen LogP contribution in [0.3, 0.4) is 0 Å². The van der Waals surface area contributed by atoms with E-state index < -0.39 is 0 Å². The van der Waals surface area contributed by atoms with Crippen LogP contribution in [0.5, 0.6) is 5.75 Å². The summed E-state index contributed by atoms with van der Waals surface area (Å²) >= 11 is 0. The second-order valence-electron chi connectivity index (χ2n) is 4.51. The Bertz CT molecular complexity index is 605. The van der Waals surface area contributed by atoms with Crippen LogP contribution in [0.15, 0.2) is 41.3 Å². The lowest BCUT2D eigenvalue weighted by Crippen LogP contribution is -2.16. The zero-order chi connectivity index (χ0) is 14.4. The van der Waals surface area contributed by atoms with Crippen molar-refractivity contribution in [1.29, 1.82) is 0 Å². The van der Waals surface area contributed by atoms with Crippen molar-refractivity contribution in [3.63, 3.8) is 0 Å². The van der Waals surface area contributed by atoms with Crippen LogP contribution in [0.25, 0.3) is 0 Å². The van der Waals surface area contributed by atoms with Gasteiger partial charge in [-0.05, 0) is 12.0 Å². The molecule has 0 bridgehead atoms. The minimum atomic E-state index is -0.0609. The summed E-state index contributed by atoms with van der Waals surface area (Å²) in [4.78, 5) is 15.4. The number of aryl methyl sites for hydroxylation is 1. The molecule has 1 aromatic carbocycles. The highest BCUT2D eigenvalue weighted by Gasteiger charge is 2.12. The zero-order valence-electron chi connectivity index (χ0n) is 11.8. The van der Waals surface area contributed by atoms with Crippen LogP contribution in [-0.2, 0) is 24.4 Å². The predicted octanol–water partition coefficient (Wildman–Crippen LogP) is 2.66. The van der Waals surface area contributed by atoms with Gasteiger partial charge >= 0.3 is 0 Å². The van der Waals surface area contributed by atoms with E-state index in [1.165, 1.54) is 0 Å². The first kappa shape index (κ1) is 14.3. The molecule has 0 radical (unpaired) electrons. The number of H-pyrrole nitrogens is 1. The van der Waals surface area contributed by atoms with Crippen LogP contribution in [0.4, 0.5) is 0 Å². The van der Waals surface area contributed by atoms with Crippen molar-refractivity contribution in [1.82, 2.24) is 4.98 Å². The summed E-state index contributed by atoms with van der Waals surface area (Å²) in [6, 6.07) is 9.77. The van der Waals surface area contributed by atoms with Crippen molar-refractivity contribution in [2.75, 3.05) is 7.11 Å². The van der Waals surface area contributed by atoms with Crippen LogP contribution < -0.4 is 10.2 Å². The van der Waals surface area contributed by atoms with E-state index >= 15 is 0 Å². The third-order valence-corrected chi connectivity index (χ3v) is 3.09. The number of aromatic nitrogens is 1. The third kappa shape index (κ3) is 3.27. The number of nitrogens with one attached hydrogen (secondary N) is 1. The Morgan fingerprint density at radius 1 is 1.15 bits per heavy atom. The quantitative estimate of drug-likeness (QED) is 0.880. The van der Waals surface area contributed by atoms with Gasteiger partial charge in [-0.15, -0.1) is 0 Å². The van der Waals surface area contributed by atoms with Gasteiger partial charge in [0.2, 0.25) is 5.43 Å². The monoisotopic (exact) mass is 273 g/mol. The van der Waals surface area contributed by atoms with Crippen LogP contribution >= 0.6 is 0 Å². The van der Waals surface area contributed by atoms with Crippen LogP contribution in [0.2, 0.25) is 0 Å². The zero-order valence-corrected chi connectivity index (χ0v) is 11.8. The molecule has 1 heterocycles. The van der Waals surface area contributed by atoms with Crippen LogP contribution in [0.1, 0.15) is 23.7 Å². The molecule has 0 saturated heterocycles. The lowest BCUT2D eigenvalue weighted by molar-refractivity contribution is 0.174. The van der Waals surface area contributed by atoms with Gasteiger partial charge < -0.3 is 14.5 Å². The number of benzene rings is 1. The van der Waals surface area contributed by atoms with Gasteiger partial charge in [-0.1, -0.05) is 37.3 Å². The number of pyridine rings is 1. The molecule has 0 aliphatic carbocycles. The van der Waals surface area contributed by atoms with E-state index in [4.69, 9.17) is 9.47 Å². The standard InChI is InChI=1S/C16H19NO3/c1-3-13-9-17-14(11-19-2)16(15(13)18)20-10-12-7-5-4-6-8-12/h4-9H,3,10-11H2,1-2H3,(H,17,18). The van der Waals surface area contributed by atoms with Gasteiger partial charge in [-0.3, -0.25) is 4.79 Å². The average molecular weight is 273 g/mol. The first-order valence-electron chi connectivity index (χ1n) is 6.65. The Morgan fingerprint density at radius 2 is 1.90 bits per heavy atom. The summed E-state index contributed by atoms with van der Waals surface area (Å²) in [5, 5.41) is 0.